The van der Waals surface area contributed by atoms with Crippen LogP contribution in [0.2, 0.25) is 13.1 Å². The molecule has 0 N–H and O–H groups in total. The fourth-order valence-corrected chi connectivity index (χ4v) is 7.43. The predicted molar refractivity (Wildman–Crippen MR) is 163 cm³/mol. The van der Waals surface area contributed by atoms with E-state index in [1.807, 2.05) is 7.11 Å². The average molecular weight is 523 g/mol. The summed E-state index contributed by atoms with van der Waals surface area (Å²) in [5.74, 6) is 1.53. The highest BCUT2D eigenvalue weighted by Gasteiger charge is 2.51. The van der Waals surface area contributed by atoms with E-state index >= 15 is 0 Å². The maximum absolute atomic E-state index is 6.88. The number of fused-ring (bicyclic) bond motifs is 2. The fourth-order valence-electron chi connectivity index (χ4n) is 6.71. The van der Waals surface area contributed by atoms with E-state index in [0.29, 0.717) is 5.92 Å². The van der Waals surface area contributed by atoms with Crippen LogP contribution in [0.1, 0.15) is 68.2 Å². The van der Waals surface area contributed by atoms with Gasteiger partial charge in [-0.1, -0.05) is 112 Å². The molecule has 3 heteroatoms. The van der Waals surface area contributed by atoms with Gasteiger partial charge in [-0.2, -0.15) is 0 Å². The lowest BCUT2D eigenvalue weighted by Crippen LogP contribution is -2.45. The summed E-state index contributed by atoms with van der Waals surface area (Å²) in [6.07, 6.45) is 2.88. The van der Waals surface area contributed by atoms with Crippen molar-refractivity contribution >= 4 is 20.2 Å². The van der Waals surface area contributed by atoms with Gasteiger partial charge in [0.1, 0.15) is 5.75 Å². The minimum atomic E-state index is -1.40. The third kappa shape index (κ3) is 4.72. The number of hydrogen-bond acceptors (Lipinski definition) is 2. The monoisotopic (exact) mass is 522 g/mol. The van der Waals surface area contributed by atoms with E-state index < -0.39 is 9.04 Å². The Bertz CT molecular complexity index is 1330. The molecule has 38 heavy (non-hydrogen) atoms. The van der Waals surface area contributed by atoms with Gasteiger partial charge in [0, 0.05) is 18.6 Å². The summed E-state index contributed by atoms with van der Waals surface area (Å²) < 4.78 is 13.5. The predicted octanol–water partition coefficient (Wildman–Crippen LogP) is 8.80. The zero-order valence-electron chi connectivity index (χ0n) is 23.9. The second kappa shape index (κ2) is 10.4. The number of para-hydroxylation sites is 1. The molecule has 0 radical (unpaired) electrons. The van der Waals surface area contributed by atoms with Gasteiger partial charge in [-0.05, 0) is 71.5 Å². The molecule has 2 nitrogen and oxygen atoms in total. The molecule has 3 unspecified atom stereocenters. The molecule has 2 aliphatic rings. The van der Waals surface area contributed by atoms with Crippen LogP contribution in [0.3, 0.4) is 0 Å². The van der Waals surface area contributed by atoms with Crippen molar-refractivity contribution in [2.45, 2.75) is 70.1 Å². The van der Waals surface area contributed by atoms with Crippen LogP contribution in [-0.4, -0.2) is 21.8 Å². The molecule has 2 aliphatic carbocycles. The van der Waals surface area contributed by atoms with Crippen molar-refractivity contribution in [3.05, 3.63) is 113 Å². The lowest BCUT2D eigenvalue weighted by molar-refractivity contribution is 0.000381. The maximum Gasteiger partial charge on any atom is 0.229 e. The minimum absolute atomic E-state index is 0.0442. The summed E-state index contributed by atoms with van der Waals surface area (Å²) in [6, 6.07) is 28.7. The third-order valence-electron chi connectivity index (χ3n) is 8.44. The van der Waals surface area contributed by atoms with Gasteiger partial charge in [0.2, 0.25) is 9.04 Å². The van der Waals surface area contributed by atoms with Crippen molar-refractivity contribution in [3.8, 4) is 5.75 Å². The summed E-state index contributed by atoms with van der Waals surface area (Å²) in [5.41, 5.74) is 8.65. The zero-order chi connectivity index (χ0) is 27.1. The molecule has 5 rings (SSSR count). The van der Waals surface area contributed by atoms with E-state index in [4.69, 9.17) is 9.16 Å². The Balaban J connectivity index is 1.94. The first-order valence-corrected chi connectivity index (χ1v) is 16.8. The number of methoxy groups -OCH3 is 1. The molecule has 3 atom stereocenters. The Morgan fingerprint density at radius 2 is 1.55 bits per heavy atom. The minimum Gasteiger partial charge on any atom is -0.546 e. The zero-order valence-corrected chi connectivity index (χ0v) is 25.0. The van der Waals surface area contributed by atoms with Crippen LogP contribution >= 0.6 is 0 Å². The van der Waals surface area contributed by atoms with Gasteiger partial charge < -0.3 is 9.16 Å². The molecule has 2 bridgehead atoms. The van der Waals surface area contributed by atoms with Crippen LogP contribution in [0.4, 0.5) is 0 Å². The van der Waals surface area contributed by atoms with Crippen LogP contribution in [0.25, 0.3) is 11.1 Å². The SMILES string of the molecule is C=C1CCC2(OC)CC1C(c1ccccc1)C(c1cccc(C(C)(C)C)c1O[SiH](C)C)=C2c1ccccc1. The van der Waals surface area contributed by atoms with Gasteiger partial charge in [-0.25, -0.2) is 0 Å². The van der Waals surface area contributed by atoms with E-state index in [1.54, 1.807) is 0 Å². The van der Waals surface area contributed by atoms with Gasteiger partial charge in [-0.15, -0.1) is 0 Å². The van der Waals surface area contributed by atoms with Crippen LogP contribution in [0.5, 0.6) is 5.75 Å². The molecule has 1 fully saturated rings. The van der Waals surface area contributed by atoms with Gasteiger partial charge in [0.25, 0.3) is 0 Å². The Labute approximate surface area is 231 Å². The number of allylic oxidation sites excluding steroid dienone is 2. The molecule has 3 aromatic rings. The topological polar surface area (TPSA) is 18.5 Å². The van der Waals surface area contributed by atoms with Crippen molar-refractivity contribution in [3.63, 3.8) is 0 Å². The van der Waals surface area contributed by atoms with Gasteiger partial charge in [-0.3, -0.25) is 0 Å². The molecule has 3 aromatic carbocycles. The van der Waals surface area contributed by atoms with Gasteiger partial charge >= 0.3 is 0 Å². The second-order valence-corrected chi connectivity index (χ2v) is 14.6. The van der Waals surface area contributed by atoms with Crippen LogP contribution < -0.4 is 4.43 Å². The van der Waals surface area contributed by atoms with Gasteiger partial charge in [0.05, 0.1) is 5.60 Å². The van der Waals surface area contributed by atoms with Crippen LogP contribution in [-0.2, 0) is 10.2 Å². The van der Waals surface area contributed by atoms with E-state index in [-0.39, 0.29) is 16.9 Å². The molecule has 0 aromatic heterocycles. The second-order valence-electron chi connectivity index (χ2n) is 12.3. The normalized spacial score (nSPS) is 23.6. The smallest absolute Gasteiger partial charge is 0.229 e. The van der Waals surface area contributed by atoms with Crippen molar-refractivity contribution in [2.75, 3.05) is 7.11 Å². The first-order chi connectivity index (χ1) is 18.2. The first-order valence-electron chi connectivity index (χ1n) is 14.0. The molecular formula is C35H42O2Si. The quantitative estimate of drug-likeness (QED) is 0.238. The summed E-state index contributed by atoms with van der Waals surface area (Å²) in [4.78, 5) is 0. The molecule has 198 valence electrons. The van der Waals surface area contributed by atoms with E-state index in [1.165, 1.54) is 39.0 Å². The number of benzene rings is 3. The van der Waals surface area contributed by atoms with E-state index in [9.17, 15) is 0 Å². The number of rotatable bonds is 6. The number of ether oxygens (including phenoxy) is 1. The molecule has 0 spiro atoms. The van der Waals surface area contributed by atoms with Crippen LogP contribution in [0, 0.1) is 5.92 Å². The first kappa shape index (κ1) is 26.7. The Morgan fingerprint density at radius 1 is 0.895 bits per heavy atom. The highest BCUT2D eigenvalue weighted by atomic mass is 28.3. The molecule has 1 saturated carbocycles. The third-order valence-corrected chi connectivity index (χ3v) is 9.15. The van der Waals surface area contributed by atoms with Crippen molar-refractivity contribution < 1.29 is 9.16 Å². The largest absolute Gasteiger partial charge is 0.546 e. The van der Waals surface area contributed by atoms with Crippen molar-refractivity contribution in [2.24, 2.45) is 5.92 Å². The lowest BCUT2D eigenvalue weighted by Gasteiger charge is -2.52. The summed E-state index contributed by atoms with van der Waals surface area (Å²) in [6.45, 7) is 16.0. The van der Waals surface area contributed by atoms with E-state index in [2.05, 4.69) is 119 Å². The number of hydrogen-bond donors (Lipinski definition) is 0. The molecular weight excluding hydrogens is 480 g/mol. The van der Waals surface area contributed by atoms with Gasteiger partial charge in [0.15, 0.2) is 0 Å². The van der Waals surface area contributed by atoms with Crippen molar-refractivity contribution in [1.29, 1.82) is 0 Å². The summed E-state index contributed by atoms with van der Waals surface area (Å²) in [5, 5.41) is 0. The Kier molecular flexibility index (Phi) is 7.28. The summed E-state index contributed by atoms with van der Waals surface area (Å²) in [7, 11) is 0.501. The fraction of sp³-hybridized carbons (Fsp3) is 0.371. The standard InChI is InChI=1S/C35H42O2Si/c1-24-21-22-35(36-5)23-28(24)30(25-15-10-8-11-16-25)31(32(35)26-17-12-9-13-18-26)27-19-14-20-29(34(2,3)4)33(27)37-38(6)7/h8-20,28,30,38H,1,21-23H2,2-7H3. The average Bonchev–Trinajstić information content (AvgIpc) is 2.90. The van der Waals surface area contributed by atoms with E-state index in [0.717, 1.165) is 25.0 Å². The van der Waals surface area contributed by atoms with Crippen molar-refractivity contribution in [1.82, 2.24) is 0 Å². The molecule has 0 amide bonds. The van der Waals surface area contributed by atoms with Crippen LogP contribution in [0.15, 0.2) is 91.0 Å². The Hall–Kier alpha value is -2.88. The summed E-state index contributed by atoms with van der Waals surface area (Å²) >= 11 is 0. The maximum atomic E-state index is 6.88. The highest BCUT2D eigenvalue weighted by molar-refractivity contribution is 6.49. The molecule has 0 heterocycles. The molecule has 0 aliphatic heterocycles. The lowest BCUT2D eigenvalue weighted by atomic mass is 9.56. The Morgan fingerprint density at radius 3 is 2.16 bits per heavy atom. The molecule has 0 saturated heterocycles. The highest BCUT2D eigenvalue weighted by Crippen LogP contribution is 2.61.